The van der Waals surface area contributed by atoms with Gasteiger partial charge in [0, 0.05) is 66.6 Å². The first-order valence-electron chi connectivity index (χ1n) is 13.2. The number of nitrogens with zero attached hydrogens (tertiary/aromatic N) is 4. The Kier molecular flexibility index (Phi) is 9.40. The zero-order valence-electron chi connectivity index (χ0n) is 21.6. The third-order valence-electron chi connectivity index (χ3n) is 7.55. The molecule has 206 valence electrons. The van der Waals surface area contributed by atoms with E-state index in [9.17, 15) is 9.18 Å². The van der Waals surface area contributed by atoms with Gasteiger partial charge in [-0.15, -0.1) is 0 Å². The van der Waals surface area contributed by atoms with Gasteiger partial charge in [-0.3, -0.25) is 14.6 Å². The maximum Gasteiger partial charge on any atom is 0.253 e. The zero-order valence-corrected chi connectivity index (χ0v) is 24.7. The molecule has 1 N–H and O–H groups in total. The van der Waals surface area contributed by atoms with Crippen molar-refractivity contribution in [1.82, 2.24) is 20.1 Å². The number of carbonyl (C=O) groups excluding carboxylic acids is 1. The number of piperidine rings is 1. The number of anilines is 1. The molecule has 3 aromatic rings. The zero-order chi connectivity index (χ0) is 27.4. The second-order valence-corrected chi connectivity index (χ2v) is 11.9. The number of benzene rings is 2. The third-order valence-corrected chi connectivity index (χ3v) is 8.57. The van der Waals surface area contributed by atoms with Crippen molar-refractivity contribution in [1.29, 1.82) is 0 Å². The molecule has 2 aliphatic heterocycles. The topological polar surface area (TPSA) is 51.7 Å². The Morgan fingerprint density at radius 3 is 2.38 bits per heavy atom. The number of likely N-dealkylation sites (tertiary alicyclic amines) is 1. The molecule has 10 heteroatoms. The monoisotopic (exact) mass is 633 g/mol. The number of amides is 1. The highest BCUT2D eigenvalue weighted by Gasteiger charge is 2.29. The lowest BCUT2D eigenvalue weighted by molar-refractivity contribution is 0.0950. The lowest BCUT2D eigenvalue weighted by Crippen LogP contribution is -2.53. The van der Waals surface area contributed by atoms with Crippen LogP contribution in [0.3, 0.4) is 0 Å². The summed E-state index contributed by atoms with van der Waals surface area (Å²) in [6.07, 6.45) is 3.75. The fourth-order valence-corrected chi connectivity index (χ4v) is 6.05. The van der Waals surface area contributed by atoms with E-state index >= 15 is 0 Å². The molecule has 2 saturated heterocycles. The summed E-state index contributed by atoms with van der Waals surface area (Å²) in [5, 5.41) is 4.04. The van der Waals surface area contributed by atoms with Crippen molar-refractivity contribution in [3.05, 3.63) is 91.8 Å². The largest absolute Gasteiger partial charge is 0.353 e. The molecule has 0 aliphatic carbocycles. The van der Waals surface area contributed by atoms with E-state index in [0.29, 0.717) is 34.7 Å². The van der Waals surface area contributed by atoms with Crippen LogP contribution >= 0.6 is 39.1 Å². The van der Waals surface area contributed by atoms with Crippen molar-refractivity contribution >= 4 is 50.9 Å². The lowest BCUT2D eigenvalue weighted by Gasteiger charge is -2.43. The predicted octanol–water partition coefficient (Wildman–Crippen LogP) is 6.01. The minimum absolute atomic E-state index is 0.151. The van der Waals surface area contributed by atoms with Crippen LogP contribution in [-0.4, -0.2) is 66.0 Å². The third kappa shape index (κ3) is 7.30. The molecule has 3 heterocycles. The molecule has 1 amide bonds. The average molecular weight is 635 g/mol. The van der Waals surface area contributed by atoms with Crippen molar-refractivity contribution in [2.45, 2.75) is 32.0 Å². The maximum absolute atomic E-state index is 14.2. The fraction of sp³-hybridized carbons (Fsp3) is 0.379. The summed E-state index contributed by atoms with van der Waals surface area (Å²) >= 11 is 15.8. The van der Waals surface area contributed by atoms with Crippen molar-refractivity contribution < 1.29 is 9.18 Å². The molecule has 0 radical (unpaired) electrons. The molecule has 39 heavy (non-hydrogen) atoms. The van der Waals surface area contributed by atoms with E-state index < -0.39 is 0 Å². The summed E-state index contributed by atoms with van der Waals surface area (Å²) in [6.45, 7) is 6.53. The van der Waals surface area contributed by atoms with E-state index in [1.54, 1.807) is 24.4 Å². The van der Waals surface area contributed by atoms with Gasteiger partial charge in [0.2, 0.25) is 0 Å². The lowest BCUT2D eigenvalue weighted by atomic mass is 10.0. The maximum atomic E-state index is 14.2. The molecule has 0 unspecified atom stereocenters. The van der Waals surface area contributed by atoms with E-state index in [2.05, 4.69) is 40.9 Å². The van der Waals surface area contributed by atoms with Crippen molar-refractivity contribution in [2.24, 2.45) is 0 Å². The second-order valence-electron chi connectivity index (χ2n) is 10.1. The minimum atomic E-state index is -0.218. The van der Waals surface area contributed by atoms with E-state index in [1.807, 2.05) is 24.3 Å². The van der Waals surface area contributed by atoms with E-state index in [1.165, 1.54) is 6.07 Å². The van der Waals surface area contributed by atoms with E-state index in [0.717, 1.165) is 73.5 Å². The highest BCUT2D eigenvalue weighted by molar-refractivity contribution is 9.10. The molecule has 2 fully saturated rings. The van der Waals surface area contributed by atoms with Gasteiger partial charge in [-0.05, 0) is 61.8 Å². The molecule has 0 atom stereocenters. The van der Waals surface area contributed by atoms with Gasteiger partial charge < -0.3 is 10.2 Å². The molecule has 2 aliphatic rings. The first-order chi connectivity index (χ1) is 18.9. The Morgan fingerprint density at radius 2 is 1.72 bits per heavy atom. The Morgan fingerprint density at radius 1 is 1.00 bits per heavy atom. The first kappa shape index (κ1) is 28.3. The van der Waals surface area contributed by atoms with E-state index in [4.69, 9.17) is 23.2 Å². The molecule has 5 rings (SSSR count). The summed E-state index contributed by atoms with van der Waals surface area (Å²) in [7, 11) is 0. The average Bonchev–Trinajstić information content (AvgIpc) is 2.94. The predicted molar refractivity (Wildman–Crippen MR) is 158 cm³/mol. The first-order valence-corrected chi connectivity index (χ1v) is 14.7. The molecule has 0 saturated carbocycles. The number of halogens is 4. The van der Waals surface area contributed by atoms with Crippen LogP contribution in [0, 0.1) is 5.82 Å². The van der Waals surface area contributed by atoms with Crippen LogP contribution in [0.25, 0.3) is 0 Å². The van der Waals surface area contributed by atoms with Crippen LogP contribution < -0.4 is 10.2 Å². The second kappa shape index (κ2) is 13.0. The number of aromatic nitrogens is 1. The highest BCUT2D eigenvalue weighted by Crippen LogP contribution is 2.27. The molecule has 1 aromatic heterocycles. The quantitative estimate of drug-likeness (QED) is 0.345. The van der Waals surface area contributed by atoms with Gasteiger partial charge in [0.15, 0.2) is 0 Å². The molecule has 0 spiro atoms. The van der Waals surface area contributed by atoms with E-state index in [-0.39, 0.29) is 11.7 Å². The molecule has 0 bridgehead atoms. The summed E-state index contributed by atoms with van der Waals surface area (Å²) in [5.74, 6) is 0.350. The summed E-state index contributed by atoms with van der Waals surface area (Å²) in [5.41, 5.74) is 2.15. The number of hydrogen-bond acceptors (Lipinski definition) is 5. The number of nitrogens with one attached hydrogen (secondary N) is 1. The van der Waals surface area contributed by atoms with Gasteiger partial charge in [-0.25, -0.2) is 9.37 Å². The Labute approximate surface area is 247 Å². The molecule has 2 aromatic carbocycles. The minimum Gasteiger partial charge on any atom is -0.353 e. The molecular formula is C29H31BrCl2FN5O. The van der Waals surface area contributed by atoms with Crippen LogP contribution in [0.15, 0.2) is 59.2 Å². The van der Waals surface area contributed by atoms with Crippen LogP contribution in [0.5, 0.6) is 0 Å². The van der Waals surface area contributed by atoms with Gasteiger partial charge in [-0.1, -0.05) is 57.3 Å². The van der Waals surface area contributed by atoms with Crippen molar-refractivity contribution in [3.63, 3.8) is 0 Å². The van der Waals surface area contributed by atoms with Crippen LogP contribution in [-0.2, 0) is 13.1 Å². The number of carbonyl (C=O) groups is 1. The normalized spacial score (nSPS) is 17.4. The summed E-state index contributed by atoms with van der Waals surface area (Å²) in [6, 6.07) is 14.9. The SMILES string of the molecule is O=C(NCc1ccc(Cl)cc1)c1cnc(N2CCN(C3CCN(Cc4ccc(Br)cc4F)CC3)CC2)c(Cl)c1. The standard InChI is InChI=1S/C29H31BrCl2FN5O/c30-23-4-3-21(27(33)16-23)19-36-9-7-25(8-10-36)37-11-13-38(14-12-37)28-26(32)15-22(18-34-28)29(39)35-17-20-1-5-24(31)6-2-20/h1-6,15-16,18,25H,7-14,17,19H2,(H,35,39). The summed E-state index contributed by atoms with van der Waals surface area (Å²) < 4.78 is 15.0. The number of hydrogen-bond donors (Lipinski definition) is 1. The van der Waals surface area contributed by atoms with Gasteiger partial charge in [0.05, 0.1) is 10.6 Å². The Hall–Kier alpha value is -2.23. The van der Waals surface area contributed by atoms with Gasteiger partial charge >= 0.3 is 0 Å². The smallest absolute Gasteiger partial charge is 0.253 e. The van der Waals surface area contributed by atoms with Crippen molar-refractivity contribution in [3.8, 4) is 0 Å². The van der Waals surface area contributed by atoms with Crippen LogP contribution in [0.2, 0.25) is 10.0 Å². The van der Waals surface area contributed by atoms with Gasteiger partial charge in [0.1, 0.15) is 11.6 Å². The van der Waals surface area contributed by atoms with Crippen LogP contribution in [0.1, 0.15) is 34.3 Å². The van der Waals surface area contributed by atoms with Crippen molar-refractivity contribution in [2.75, 3.05) is 44.2 Å². The highest BCUT2D eigenvalue weighted by atomic mass is 79.9. The summed E-state index contributed by atoms with van der Waals surface area (Å²) in [4.78, 5) is 24.3. The molecule has 6 nitrogen and oxygen atoms in total. The number of rotatable bonds is 7. The Bertz CT molecular complexity index is 1300. The fourth-order valence-electron chi connectivity index (χ4n) is 5.31. The van der Waals surface area contributed by atoms with Gasteiger partial charge in [0.25, 0.3) is 5.91 Å². The van der Waals surface area contributed by atoms with Gasteiger partial charge in [-0.2, -0.15) is 0 Å². The number of piperazine rings is 1. The number of pyridine rings is 1. The molecular weight excluding hydrogens is 604 g/mol. The Balaban J connectivity index is 1.08. The van der Waals surface area contributed by atoms with Crippen LogP contribution in [0.4, 0.5) is 10.2 Å².